The number of anilines is 1. The number of hydrogen-bond donors (Lipinski definition) is 1. The van der Waals surface area contributed by atoms with Crippen molar-refractivity contribution in [1.82, 2.24) is 0 Å². The van der Waals surface area contributed by atoms with Gasteiger partial charge in [0.25, 0.3) is 0 Å². The summed E-state index contributed by atoms with van der Waals surface area (Å²) in [4.78, 5) is 23.3. The molecule has 0 aromatic heterocycles. The second kappa shape index (κ2) is 8.67. The third-order valence-electron chi connectivity index (χ3n) is 3.25. The number of ketones is 1. The van der Waals surface area contributed by atoms with Crippen LogP contribution in [-0.4, -0.2) is 18.3 Å². The van der Waals surface area contributed by atoms with Crippen LogP contribution in [0.2, 0.25) is 0 Å². The summed E-state index contributed by atoms with van der Waals surface area (Å²) in [6.07, 6.45) is 4.25. The third-order valence-corrected chi connectivity index (χ3v) is 3.25. The normalized spacial score (nSPS) is 10.6. The third kappa shape index (κ3) is 5.39. The molecule has 0 aliphatic rings. The van der Waals surface area contributed by atoms with Gasteiger partial charge in [-0.1, -0.05) is 37.3 Å². The van der Waals surface area contributed by atoms with Crippen molar-refractivity contribution in [3.8, 4) is 5.75 Å². The first-order chi connectivity index (χ1) is 11.6. The minimum absolute atomic E-state index is 0.117. The number of rotatable bonds is 7. The van der Waals surface area contributed by atoms with Crippen LogP contribution in [0.4, 0.5) is 5.69 Å². The Labute approximate surface area is 142 Å². The van der Waals surface area contributed by atoms with Gasteiger partial charge in [-0.2, -0.15) is 0 Å². The van der Waals surface area contributed by atoms with Gasteiger partial charge in [0.1, 0.15) is 5.75 Å². The fraction of sp³-hybridized carbons (Fsp3) is 0.200. The van der Waals surface area contributed by atoms with E-state index in [1.165, 1.54) is 13.0 Å². The van der Waals surface area contributed by atoms with E-state index in [0.717, 1.165) is 17.7 Å². The Kier molecular flexibility index (Phi) is 6.32. The molecule has 0 atom stereocenters. The van der Waals surface area contributed by atoms with E-state index < -0.39 is 0 Å². The summed E-state index contributed by atoms with van der Waals surface area (Å²) in [6, 6.07) is 14.5. The zero-order chi connectivity index (χ0) is 17.4. The molecule has 1 N–H and O–H groups in total. The number of amides is 1. The van der Waals surface area contributed by atoms with Crippen LogP contribution in [0.15, 0.2) is 54.6 Å². The van der Waals surface area contributed by atoms with E-state index in [4.69, 9.17) is 4.74 Å². The van der Waals surface area contributed by atoms with Crippen molar-refractivity contribution < 1.29 is 14.3 Å². The Morgan fingerprint density at radius 1 is 1.12 bits per heavy atom. The molecule has 24 heavy (non-hydrogen) atoms. The second-order valence-electron chi connectivity index (χ2n) is 5.38. The van der Waals surface area contributed by atoms with E-state index in [1.807, 2.05) is 24.3 Å². The van der Waals surface area contributed by atoms with E-state index in [1.54, 1.807) is 30.3 Å². The summed E-state index contributed by atoms with van der Waals surface area (Å²) < 4.78 is 5.52. The van der Waals surface area contributed by atoms with Crippen molar-refractivity contribution in [3.05, 3.63) is 65.7 Å². The van der Waals surface area contributed by atoms with Gasteiger partial charge in [-0.25, -0.2) is 0 Å². The Hall–Kier alpha value is -2.88. The van der Waals surface area contributed by atoms with E-state index >= 15 is 0 Å². The molecule has 0 heterocycles. The molecule has 4 heteroatoms. The molecular weight excluding hydrogens is 302 g/mol. The molecule has 0 unspecified atom stereocenters. The van der Waals surface area contributed by atoms with Crippen molar-refractivity contribution in [3.63, 3.8) is 0 Å². The maximum Gasteiger partial charge on any atom is 0.221 e. The molecule has 0 saturated heterocycles. The van der Waals surface area contributed by atoms with Crippen molar-refractivity contribution >= 4 is 23.5 Å². The molecule has 2 rings (SSSR count). The lowest BCUT2D eigenvalue weighted by Crippen LogP contribution is -2.06. The van der Waals surface area contributed by atoms with Crippen LogP contribution in [0.25, 0.3) is 6.08 Å². The van der Waals surface area contributed by atoms with Crippen LogP contribution in [0.1, 0.15) is 36.2 Å². The van der Waals surface area contributed by atoms with Gasteiger partial charge in [0.15, 0.2) is 5.78 Å². The molecule has 0 aliphatic carbocycles. The molecule has 4 nitrogen and oxygen atoms in total. The maximum atomic E-state index is 12.2. The van der Waals surface area contributed by atoms with Crippen molar-refractivity contribution in [2.75, 3.05) is 11.9 Å². The molecule has 1 amide bonds. The lowest BCUT2D eigenvalue weighted by Gasteiger charge is -2.04. The lowest BCUT2D eigenvalue weighted by atomic mass is 10.1. The molecule has 2 aromatic carbocycles. The summed E-state index contributed by atoms with van der Waals surface area (Å²) in [6.45, 7) is 4.18. The molecule has 124 valence electrons. The molecular formula is C20H21NO3. The van der Waals surface area contributed by atoms with Gasteiger partial charge in [-0.15, -0.1) is 0 Å². The Morgan fingerprint density at radius 3 is 2.54 bits per heavy atom. The van der Waals surface area contributed by atoms with Gasteiger partial charge in [-0.05, 0) is 42.3 Å². The number of benzene rings is 2. The zero-order valence-electron chi connectivity index (χ0n) is 13.9. The zero-order valence-corrected chi connectivity index (χ0v) is 13.9. The second-order valence-corrected chi connectivity index (χ2v) is 5.38. The number of carbonyl (C=O) groups excluding carboxylic acids is 2. The topological polar surface area (TPSA) is 55.4 Å². The van der Waals surface area contributed by atoms with Gasteiger partial charge in [-0.3, -0.25) is 9.59 Å². The first kappa shape index (κ1) is 17.5. The highest BCUT2D eigenvalue weighted by atomic mass is 16.5. The van der Waals surface area contributed by atoms with Crippen LogP contribution >= 0.6 is 0 Å². The summed E-state index contributed by atoms with van der Waals surface area (Å²) >= 11 is 0. The highest BCUT2D eigenvalue weighted by molar-refractivity contribution is 6.07. The fourth-order valence-corrected chi connectivity index (χ4v) is 2.12. The van der Waals surface area contributed by atoms with Gasteiger partial charge < -0.3 is 10.1 Å². The average molecular weight is 323 g/mol. The minimum Gasteiger partial charge on any atom is -0.494 e. The predicted octanol–water partition coefficient (Wildman–Crippen LogP) is 4.33. The van der Waals surface area contributed by atoms with Crippen LogP contribution < -0.4 is 10.1 Å². The highest BCUT2D eigenvalue weighted by Crippen LogP contribution is 2.15. The number of allylic oxidation sites excluding steroid dienone is 1. The van der Waals surface area contributed by atoms with Crippen LogP contribution in [0, 0.1) is 0 Å². The van der Waals surface area contributed by atoms with Gasteiger partial charge in [0.2, 0.25) is 5.91 Å². The van der Waals surface area contributed by atoms with Crippen molar-refractivity contribution in [2.24, 2.45) is 0 Å². The van der Waals surface area contributed by atoms with E-state index in [9.17, 15) is 9.59 Å². The number of carbonyl (C=O) groups is 2. The van der Waals surface area contributed by atoms with Crippen LogP contribution in [0.5, 0.6) is 5.75 Å². The highest BCUT2D eigenvalue weighted by Gasteiger charge is 2.04. The van der Waals surface area contributed by atoms with Crippen LogP contribution in [0.3, 0.4) is 0 Å². The molecule has 0 spiro atoms. The summed E-state index contributed by atoms with van der Waals surface area (Å²) in [5.74, 6) is 0.539. The summed E-state index contributed by atoms with van der Waals surface area (Å²) in [5.41, 5.74) is 2.06. The van der Waals surface area contributed by atoms with E-state index in [-0.39, 0.29) is 11.7 Å². The largest absolute Gasteiger partial charge is 0.494 e. The Bertz CT molecular complexity index is 733. The molecule has 0 bridgehead atoms. The monoisotopic (exact) mass is 323 g/mol. The quantitative estimate of drug-likeness (QED) is 0.609. The first-order valence-electron chi connectivity index (χ1n) is 7.91. The standard InChI is InChI=1S/C20H21NO3/c1-3-13-24-19-10-7-16(8-11-19)9-12-20(23)17-5-4-6-18(14-17)21-15(2)22/h4-12,14H,3,13H2,1-2H3,(H,21,22)/b12-9+. The lowest BCUT2D eigenvalue weighted by molar-refractivity contribution is -0.114. The number of nitrogens with one attached hydrogen (secondary N) is 1. The molecule has 0 aliphatic heterocycles. The van der Waals surface area contributed by atoms with Crippen molar-refractivity contribution in [2.45, 2.75) is 20.3 Å². The predicted molar refractivity (Wildman–Crippen MR) is 96.3 cm³/mol. The number of ether oxygens (including phenoxy) is 1. The van der Waals surface area contributed by atoms with Gasteiger partial charge >= 0.3 is 0 Å². The van der Waals surface area contributed by atoms with Gasteiger partial charge in [0.05, 0.1) is 6.61 Å². The van der Waals surface area contributed by atoms with E-state index in [0.29, 0.717) is 17.9 Å². The first-order valence-corrected chi connectivity index (χ1v) is 7.91. The molecule has 2 aromatic rings. The molecule has 0 radical (unpaired) electrons. The Morgan fingerprint density at radius 2 is 1.88 bits per heavy atom. The van der Waals surface area contributed by atoms with Crippen LogP contribution in [-0.2, 0) is 4.79 Å². The van der Waals surface area contributed by atoms with Crippen molar-refractivity contribution in [1.29, 1.82) is 0 Å². The summed E-state index contributed by atoms with van der Waals surface area (Å²) in [5, 5.41) is 2.67. The van der Waals surface area contributed by atoms with Gasteiger partial charge in [0, 0.05) is 18.2 Å². The average Bonchev–Trinajstić information content (AvgIpc) is 2.58. The number of hydrogen-bond acceptors (Lipinski definition) is 3. The molecule has 0 fully saturated rings. The van der Waals surface area contributed by atoms with E-state index in [2.05, 4.69) is 12.2 Å². The maximum absolute atomic E-state index is 12.2. The Balaban J connectivity index is 2.03. The molecule has 0 saturated carbocycles. The smallest absolute Gasteiger partial charge is 0.221 e. The fourth-order valence-electron chi connectivity index (χ4n) is 2.12. The SMILES string of the molecule is CCCOc1ccc(/C=C/C(=O)c2cccc(NC(C)=O)c2)cc1. The minimum atomic E-state index is -0.166. The summed E-state index contributed by atoms with van der Waals surface area (Å²) in [7, 11) is 0.